The van der Waals surface area contributed by atoms with E-state index in [9.17, 15) is 8.78 Å². The molecule has 0 bridgehead atoms. The van der Waals surface area contributed by atoms with Crippen molar-refractivity contribution in [1.29, 1.82) is 0 Å². The van der Waals surface area contributed by atoms with Crippen LogP contribution in [0.5, 0.6) is 0 Å². The molecule has 10 heavy (non-hydrogen) atoms. The van der Waals surface area contributed by atoms with Gasteiger partial charge >= 0.3 is 6.61 Å². The molecule has 0 atom stereocenters. The lowest BCUT2D eigenvalue weighted by Gasteiger charge is -2.03. The van der Waals surface area contributed by atoms with E-state index < -0.39 is 6.61 Å². The Labute approximate surface area is 60.4 Å². The van der Waals surface area contributed by atoms with Gasteiger partial charge < -0.3 is 4.74 Å². The molecular weight excluding hydrogens is 138 g/mol. The Morgan fingerprint density at radius 2 is 2.00 bits per heavy atom. The number of ether oxygens (including phenoxy) is 1. The smallest absolute Gasteiger partial charge is 0.323 e. The highest BCUT2D eigenvalue weighted by Gasteiger charge is 2.00. The van der Waals surface area contributed by atoms with Crippen LogP contribution in [0.4, 0.5) is 8.78 Å². The molecule has 0 aromatic heterocycles. The van der Waals surface area contributed by atoms with Gasteiger partial charge in [0.25, 0.3) is 0 Å². The van der Waals surface area contributed by atoms with E-state index in [1.165, 1.54) is 0 Å². The minimum atomic E-state index is -2.62. The third kappa shape index (κ3) is 7.82. The van der Waals surface area contributed by atoms with Crippen LogP contribution in [0.3, 0.4) is 0 Å². The molecule has 61 valence electrons. The summed E-state index contributed by atoms with van der Waals surface area (Å²) in [6.45, 7) is 1.50. The predicted molar refractivity (Wildman–Crippen MR) is 35.7 cm³/mol. The molecule has 1 nitrogen and oxygen atoms in total. The molecule has 0 aliphatic heterocycles. The van der Waals surface area contributed by atoms with Crippen molar-refractivity contribution in [3.05, 3.63) is 6.42 Å². The van der Waals surface area contributed by atoms with Gasteiger partial charge in [-0.3, -0.25) is 0 Å². The van der Waals surface area contributed by atoms with Crippen molar-refractivity contribution in [2.24, 2.45) is 5.92 Å². The van der Waals surface area contributed by atoms with Gasteiger partial charge in [-0.1, -0.05) is 13.8 Å². The van der Waals surface area contributed by atoms with Crippen LogP contribution >= 0.6 is 0 Å². The second-order valence-corrected chi connectivity index (χ2v) is 2.40. The highest BCUT2D eigenvalue weighted by atomic mass is 19.3. The molecule has 1 radical (unpaired) electrons. The van der Waals surface area contributed by atoms with Crippen LogP contribution in [0.1, 0.15) is 20.3 Å². The van der Waals surface area contributed by atoms with Crippen molar-refractivity contribution in [2.45, 2.75) is 26.9 Å². The highest BCUT2D eigenvalue weighted by Crippen LogP contribution is 2.03. The zero-order chi connectivity index (χ0) is 7.98. The average molecular weight is 151 g/mol. The summed E-state index contributed by atoms with van der Waals surface area (Å²) in [5, 5.41) is 0. The molecule has 0 fully saturated rings. The van der Waals surface area contributed by atoms with Gasteiger partial charge in [0, 0.05) is 0 Å². The second kappa shape index (κ2) is 5.59. The standard InChI is InChI=1S/C7H13F2O/c1-6(2)4-3-5-10-7(8)9/h4,6-7H,3,5H2,1-2H3. The zero-order valence-corrected chi connectivity index (χ0v) is 6.31. The molecular formula is C7H13F2O. The number of hydrogen-bond donors (Lipinski definition) is 0. The number of alkyl halides is 2. The molecule has 0 unspecified atom stereocenters. The first-order valence-electron chi connectivity index (χ1n) is 3.36. The minimum Gasteiger partial charge on any atom is -0.323 e. The lowest BCUT2D eigenvalue weighted by Crippen LogP contribution is -2.02. The summed E-state index contributed by atoms with van der Waals surface area (Å²) in [6, 6.07) is 0. The number of rotatable bonds is 5. The second-order valence-electron chi connectivity index (χ2n) is 2.40. The minimum absolute atomic E-state index is 0.121. The van der Waals surface area contributed by atoms with E-state index in [-0.39, 0.29) is 6.61 Å². The van der Waals surface area contributed by atoms with E-state index in [4.69, 9.17) is 0 Å². The Hall–Kier alpha value is -0.180. The van der Waals surface area contributed by atoms with E-state index in [0.717, 1.165) is 0 Å². The van der Waals surface area contributed by atoms with Crippen molar-refractivity contribution < 1.29 is 13.5 Å². The Kier molecular flexibility index (Phi) is 5.49. The van der Waals surface area contributed by atoms with Crippen LogP contribution in [0.2, 0.25) is 0 Å². The summed E-state index contributed by atoms with van der Waals surface area (Å²) < 4.78 is 26.7. The summed E-state index contributed by atoms with van der Waals surface area (Å²) in [5.41, 5.74) is 0. The van der Waals surface area contributed by atoms with Gasteiger partial charge in [-0.05, 0) is 18.8 Å². The van der Waals surface area contributed by atoms with Gasteiger partial charge in [-0.25, -0.2) is 0 Å². The number of halogens is 2. The maximum absolute atomic E-state index is 11.3. The van der Waals surface area contributed by atoms with E-state index in [0.29, 0.717) is 12.3 Å². The van der Waals surface area contributed by atoms with Crippen LogP contribution in [0, 0.1) is 12.3 Å². The monoisotopic (exact) mass is 151 g/mol. The fourth-order valence-corrected chi connectivity index (χ4v) is 0.559. The first kappa shape index (κ1) is 9.82. The molecule has 0 amide bonds. The van der Waals surface area contributed by atoms with Crippen molar-refractivity contribution >= 4 is 0 Å². The summed E-state index contributed by atoms with van der Waals surface area (Å²) in [7, 11) is 0. The first-order valence-corrected chi connectivity index (χ1v) is 3.36. The summed E-state index contributed by atoms with van der Waals surface area (Å²) >= 11 is 0. The van der Waals surface area contributed by atoms with E-state index in [1.54, 1.807) is 0 Å². The van der Waals surface area contributed by atoms with Crippen molar-refractivity contribution in [3.8, 4) is 0 Å². The van der Waals surface area contributed by atoms with Crippen LogP contribution < -0.4 is 0 Å². The third-order valence-corrected chi connectivity index (χ3v) is 1.000. The SMILES string of the molecule is CC(C)[CH]CCOC(F)F. The van der Waals surface area contributed by atoms with Crippen LogP contribution in [-0.4, -0.2) is 13.2 Å². The normalized spacial score (nSPS) is 11.4. The Bertz CT molecular complexity index is 64.0. The maximum Gasteiger partial charge on any atom is 0.345 e. The molecule has 0 aliphatic rings. The zero-order valence-electron chi connectivity index (χ0n) is 6.31. The van der Waals surface area contributed by atoms with E-state index in [2.05, 4.69) is 4.74 Å². The molecule has 0 saturated carbocycles. The van der Waals surface area contributed by atoms with Crippen LogP contribution in [0.15, 0.2) is 0 Å². The van der Waals surface area contributed by atoms with Gasteiger partial charge in [0.2, 0.25) is 0 Å². The van der Waals surface area contributed by atoms with Gasteiger partial charge in [0.05, 0.1) is 6.61 Å². The molecule has 0 aromatic carbocycles. The quantitative estimate of drug-likeness (QED) is 0.548. The van der Waals surface area contributed by atoms with Gasteiger partial charge in [0.1, 0.15) is 0 Å². The summed E-state index contributed by atoms with van der Waals surface area (Å²) in [4.78, 5) is 0. The summed E-state index contributed by atoms with van der Waals surface area (Å²) in [5.74, 6) is 0.446. The maximum atomic E-state index is 11.3. The van der Waals surface area contributed by atoms with Gasteiger partial charge in [0.15, 0.2) is 0 Å². The average Bonchev–Trinajstić information content (AvgIpc) is 1.79. The molecule has 0 aromatic rings. The van der Waals surface area contributed by atoms with Crippen molar-refractivity contribution in [1.82, 2.24) is 0 Å². The topological polar surface area (TPSA) is 9.23 Å². The number of hydrogen-bond acceptors (Lipinski definition) is 1. The molecule has 0 heterocycles. The Morgan fingerprint density at radius 3 is 2.40 bits per heavy atom. The Balaban J connectivity index is 2.91. The summed E-state index contributed by atoms with van der Waals surface area (Å²) in [6.07, 6.45) is 2.55. The van der Waals surface area contributed by atoms with Gasteiger partial charge in [-0.15, -0.1) is 0 Å². The van der Waals surface area contributed by atoms with Crippen LogP contribution in [0.25, 0.3) is 0 Å². The predicted octanol–water partition coefficient (Wildman–Crippen LogP) is 2.48. The van der Waals surface area contributed by atoms with E-state index in [1.807, 2.05) is 20.3 Å². The molecule has 0 spiro atoms. The van der Waals surface area contributed by atoms with Gasteiger partial charge in [-0.2, -0.15) is 8.78 Å². The van der Waals surface area contributed by atoms with Crippen molar-refractivity contribution in [3.63, 3.8) is 0 Å². The fourth-order valence-electron chi connectivity index (χ4n) is 0.559. The Morgan fingerprint density at radius 1 is 1.40 bits per heavy atom. The molecule has 0 N–H and O–H groups in total. The van der Waals surface area contributed by atoms with Crippen LogP contribution in [-0.2, 0) is 4.74 Å². The third-order valence-electron chi connectivity index (χ3n) is 1.000. The molecule has 0 aliphatic carbocycles. The fraction of sp³-hybridized carbons (Fsp3) is 0.857. The first-order chi connectivity index (χ1) is 4.63. The molecule has 0 rings (SSSR count). The molecule has 3 heteroatoms. The van der Waals surface area contributed by atoms with E-state index >= 15 is 0 Å². The lowest BCUT2D eigenvalue weighted by atomic mass is 10.1. The molecule has 0 saturated heterocycles. The largest absolute Gasteiger partial charge is 0.345 e. The lowest BCUT2D eigenvalue weighted by molar-refractivity contribution is -0.128. The highest BCUT2D eigenvalue weighted by molar-refractivity contribution is 4.67. The van der Waals surface area contributed by atoms with Crippen molar-refractivity contribution in [2.75, 3.05) is 6.61 Å².